The molecule has 0 radical (unpaired) electrons. The maximum absolute atomic E-state index is 5.86. The molecule has 1 fully saturated rings. The SMILES string of the molecule is Nc1nc(N2CCC(c3nnc4n3CCCCC4)CC2)c2[nH]cnc2n1. The number of aryl methyl sites for hydroxylation is 1. The van der Waals surface area contributed by atoms with Crippen molar-refractivity contribution in [3.05, 3.63) is 18.0 Å². The van der Waals surface area contributed by atoms with Gasteiger partial charge in [0.05, 0.1) is 6.33 Å². The van der Waals surface area contributed by atoms with E-state index in [-0.39, 0.29) is 5.95 Å². The summed E-state index contributed by atoms with van der Waals surface area (Å²) in [5.74, 6) is 3.92. The van der Waals surface area contributed by atoms with Gasteiger partial charge in [-0.05, 0) is 25.7 Å². The second-order valence-corrected chi connectivity index (χ2v) is 7.20. The highest BCUT2D eigenvalue weighted by Crippen LogP contribution is 2.32. The van der Waals surface area contributed by atoms with Crippen LogP contribution in [0, 0.1) is 0 Å². The Morgan fingerprint density at radius 2 is 1.92 bits per heavy atom. The number of fused-ring (bicyclic) bond motifs is 2. The van der Waals surface area contributed by atoms with Crippen molar-refractivity contribution in [2.24, 2.45) is 0 Å². The first-order valence-corrected chi connectivity index (χ1v) is 9.43. The van der Waals surface area contributed by atoms with Gasteiger partial charge in [-0.1, -0.05) is 6.42 Å². The lowest BCUT2D eigenvalue weighted by Gasteiger charge is -2.32. The Bertz CT molecular complexity index is 920. The molecule has 0 saturated carbocycles. The Morgan fingerprint density at radius 3 is 2.81 bits per heavy atom. The zero-order valence-corrected chi connectivity index (χ0v) is 14.7. The molecule has 5 heterocycles. The lowest BCUT2D eigenvalue weighted by molar-refractivity contribution is 0.459. The second-order valence-electron chi connectivity index (χ2n) is 7.20. The van der Waals surface area contributed by atoms with Crippen molar-refractivity contribution >= 4 is 22.9 Å². The molecule has 3 N–H and O–H groups in total. The normalized spacial score (nSPS) is 18.8. The molecule has 0 aromatic carbocycles. The van der Waals surface area contributed by atoms with Crippen molar-refractivity contribution in [2.75, 3.05) is 23.7 Å². The topological polar surface area (TPSA) is 114 Å². The number of nitrogens with zero attached hydrogens (tertiary/aromatic N) is 7. The van der Waals surface area contributed by atoms with Crippen LogP contribution in [0.2, 0.25) is 0 Å². The summed E-state index contributed by atoms with van der Waals surface area (Å²) in [7, 11) is 0. The molecule has 9 nitrogen and oxygen atoms in total. The molecule has 3 aromatic heterocycles. The Hall–Kier alpha value is -2.71. The fraction of sp³-hybridized carbons (Fsp3) is 0.588. The molecule has 0 spiro atoms. The van der Waals surface area contributed by atoms with Gasteiger partial charge in [0.1, 0.15) is 17.2 Å². The van der Waals surface area contributed by atoms with Crippen LogP contribution in [-0.4, -0.2) is 47.8 Å². The van der Waals surface area contributed by atoms with Crippen molar-refractivity contribution in [3.63, 3.8) is 0 Å². The van der Waals surface area contributed by atoms with E-state index >= 15 is 0 Å². The van der Waals surface area contributed by atoms with Crippen molar-refractivity contribution < 1.29 is 0 Å². The first-order valence-electron chi connectivity index (χ1n) is 9.43. The van der Waals surface area contributed by atoms with Crippen LogP contribution in [0.5, 0.6) is 0 Å². The van der Waals surface area contributed by atoms with E-state index in [9.17, 15) is 0 Å². The van der Waals surface area contributed by atoms with Gasteiger partial charge in [-0.15, -0.1) is 10.2 Å². The maximum Gasteiger partial charge on any atom is 0.224 e. The van der Waals surface area contributed by atoms with E-state index in [0.29, 0.717) is 11.6 Å². The van der Waals surface area contributed by atoms with Crippen LogP contribution in [-0.2, 0) is 13.0 Å². The molecule has 5 rings (SSSR count). The summed E-state index contributed by atoms with van der Waals surface area (Å²) in [6.07, 6.45) is 8.52. The summed E-state index contributed by atoms with van der Waals surface area (Å²) < 4.78 is 2.38. The maximum atomic E-state index is 5.86. The summed E-state index contributed by atoms with van der Waals surface area (Å²) in [5.41, 5.74) is 7.34. The molecule has 2 aliphatic heterocycles. The van der Waals surface area contributed by atoms with Crippen LogP contribution in [0.15, 0.2) is 6.33 Å². The van der Waals surface area contributed by atoms with Gasteiger partial charge in [-0.3, -0.25) is 0 Å². The number of nitrogen functional groups attached to an aromatic ring is 1. The summed E-state index contributed by atoms with van der Waals surface area (Å²) in [5, 5.41) is 9.01. The largest absolute Gasteiger partial charge is 0.368 e. The van der Waals surface area contributed by atoms with Gasteiger partial charge < -0.3 is 20.2 Å². The van der Waals surface area contributed by atoms with Crippen LogP contribution >= 0.6 is 0 Å². The molecule has 3 aromatic rings. The zero-order chi connectivity index (χ0) is 17.5. The lowest BCUT2D eigenvalue weighted by atomic mass is 9.95. The summed E-state index contributed by atoms with van der Waals surface area (Å²) in [6.45, 7) is 2.89. The lowest BCUT2D eigenvalue weighted by Crippen LogP contribution is -2.34. The fourth-order valence-corrected chi connectivity index (χ4v) is 4.22. The number of hydrogen-bond donors (Lipinski definition) is 2. The Kier molecular flexibility index (Phi) is 3.72. The summed E-state index contributed by atoms with van der Waals surface area (Å²) in [6, 6.07) is 0. The molecule has 0 aliphatic carbocycles. The second kappa shape index (κ2) is 6.22. The van der Waals surface area contributed by atoms with E-state index in [1.54, 1.807) is 6.33 Å². The van der Waals surface area contributed by atoms with Gasteiger partial charge >= 0.3 is 0 Å². The van der Waals surface area contributed by atoms with Crippen LogP contribution in [0.1, 0.15) is 49.7 Å². The van der Waals surface area contributed by atoms with Crippen molar-refractivity contribution in [1.82, 2.24) is 34.7 Å². The molecule has 1 saturated heterocycles. The number of H-pyrrole nitrogens is 1. The number of rotatable bonds is 2. The third-order valence-electron chi connectivity index (χ3n) is 5.58. The minimum Gasteiger partial charge on any atom is -0.368 e. The van der Waals surface area contributed by atoms with E-state index in [0.717, 1.165) is 50.2 Å². The average Bonchev–Trinajstić information content (AvgIpc) is 3.22. The molecule has 0 unspecified atom stereocenters. The monoisotopic (exact) mass is 353 g/mol. The quantitative estimate of drug-likeness (QED) is 0.719. The zero-order valence-electron chi connectivity index (χ0n) is 14.7. The predicted molar refractivity (Wildman–Crippen MR) is 97.9 cm³/mol. The third kappa shape index (κ3) is 2.58. The van der Waals surface area contributed by atoms with Crippen LogP contribution in [0.4, 0.5) is 11.8 Å². The van der Waals surface area contributed by atoms with E-state index in [4.69, 9.17) is 5.73 Å². The molecular formula is C17H23N9. The van der Waals surface area contributed by atoms with Gasteiger partial charge in [0.2, 0.25) is 5.95 Å². The molecular weight excluding hydrogens is 330 g/mol. The summed E-state index contributed by atoms with van der Waals surface area (Å²) >= 11 is 0. The highest BCUT2D eigenvalue weighted by Gasteiger charge is 2.28. The molecule has 136 valence electrons. The Labute approximate surface area is 151 Å². The third-order valence-corrected chi connectivity index (χ3v) is 5.58. The molecule has 9 heteroatoms. The van der Waals surface area contributed by atoms with Crippen LogP contribution in [0.3, 0.4) is 0 Å². The average molecular weight is 353 g/mol. The number of nitrogens with one attached hydrogen (secondary N) is 1. The Morgan fingerprint density at radius 1 is 1.04 bits per heavy atom. The number of hydrogen-bond acceptors (Lipinski definition) is 7. The molecule has 26 heavy (non-hydrogen) atoms. The van der Waals surface area contributed by atoms with E-state index < -0.39 is 0 Å². The van der Waals surface area contributed by atoms with Crippen molar-refractivity contribution in [1.29, 1.82) is 0 Å². The highest BCUT2D eigenvalue weighted by atomic mass is 15.3. The number of anilines is 2. The summed E-state index contributed by atoms with van der Waals surface area (Å²) in [4.78, 5) is 18.3. The van der Waals surface area contributed by atoms with Gasteiger partial charge in [-0.2, -0.15) is 9.97 Å². The first-order chi connectivity index (χ1) is 12.8. The number of imidazole rings is 1. The van der Waals surface area contributed by atoms with Gasteiger partial charge in [0.15, 0.2) is 11.5 Å². The molecule has 0 atom stereocenters. The van der Waals surface area contributed by atoms with Crippen LogP contribution in [0.25, 0.3) is 11.2 Å². The van der Waals surface area contributed by atoms with Gasteiger partial charge in [-0.25, -0.2) is 4.98 Å². The predicted octanol–water partition coefficient (Wildman–Crippen LogP) is 1.64. The Balaban J connectivity index is 1.37. The van der Waals surface area contributed by atoms with E-state index in [2.05, 4.69) is 39.6 Å². The van der Waals surface area contributed by atoms with Gasteiger partial charge in [0, 0.05) is 32.0 Å². The number of aromatic nitrogens is 7. The van der Waals surface area contributed by atoms with E-state index in [1.807, 2.05) is 0 Å². The minimum absolute atomic E-state index is 0.268. The van der Waals surface area contributed by atoms with Crippen molar-refractivity contribution in [2.45, 2.75) is 51.0 Å². The fourth-order valence-electron chi connectivity index (χ4n) is 4.22. The number of aromatic amines is 1. The molecule has 0 bridgehead atoms. The first kappa shape index (κ1) is 15.5. The smallest absolute Gasteiger partial charge is 0.224 e. The highest BCUT2D eigenvalue weighted by molar-refractivity contribution is 5.84. The minimum atomic E-state index is 0.268. The van der Waals surface area contributed by atoms with Crippen LogP contribution < -0.4 is 10.6 Å². The van der Waals surface area contributed by atoms with E-state index in [1.165, 1.54) is 30.9 Å². The van der Waals surface area contributed by atoms with Crippen molar-refractivity contribution in [3.8, 4) is 0 Å². The molecule has 0 amide bonds. The standard InChI is InChI=1S/C17H23N9/c18-17-21-14-13(19-10-20-14)16(22-17)25-8-5-11(6-9-25)15-24-23-12-4-2-1-3-7-26(12)15/h10-11H,1-9H2,(H3,18,19,20,21,22). The molecule has 2 aliphatic rings. The number of piperidine rings is 1. The van der Waals surface area contributed by atoms with Gasteiger partial charge in [0.25, 0.3) is 0 Å². The number of nitrogens with two attached hydrogens (primary N) is 1.